The molecule has 198 valence electrons. The SMILES string of the molecule is COC(=O)N1CC(N)CC1C(=O)N(c1cccc(F)c1)C(C(=O)NC1CC(F)(F)C1)c1ccccc1Cl. The molecule has 2 aromatic carbocycles. The monoisotopic (exact) mass is 538 g/mol. The van der Waals surface area contributed by atoms with Gasteiger partial charge in [-0.3, -0.25) is 19.4 Å². The lowest BCUT2D eigenvalue weighted by Gasteiger charge is -2.39. The Bertz CT molecular complexity index is 1190. The number of hydrogen-bond acceptors (Lipinski definition) is 5. The van der Waals surface area contributed by atoms with E-state index in [1.54, 1.807) is 12.1 Å². The number of nitrogens with one attached hydrogen (secondary N) is 1. The highest BCUT2D eigenvalue weighted by Crippen LogP contribution is 2.39. The van der Waals surface area contributed by atoms with Gasteiger partial charge in [-0.2, -0.15) is 0 Å². The minimum atomic E-state index is -2.89. The van der Waals surface area contributed by atoms with E-state index in [0.29, 0.717) is 0 Å². The highest BCUT2D eigenvalue weighted by molar-refractivity contribution is 6.31. The number of likely N-dealkylation sites (tertiary alicyclic amines) is 1. The van der Waals surface area contributed by atoms with Gasteiger partial charge in [-0.25, -0.2) is 18.0 Å². The molecule has 2 aromatic rings. The first-order chi connectivity index (χ1) is 17.5. The first-order valence-corrected chi connectivity index (χ1v) is 12.0. The minimum Gasteiger partial charge on any atom is -0.453 e. The van der Waals surface area contributed by atoms with E-state index in [1.807, 2.05) is 0 Å². The Hall–Kier alpha value is -3.31. The zero-order valence-electron chi connectivity index (χ0n) is 19.9. The highest BCUT2D eigenvalue weighted by Gasteiger charge is 2.48. The Labute approximate surface area is 216 Å². The number of alkyl halides is 2. The molecule has 1 aliphatic heterocycles. The highest BCUT2D eigenvalue weighted by atomic mass is 35.5. The Balaban J connectivity index is 1.80. The standard InChI is InChI=1S/C25H26ClF3N4O4/c1-37-24(36)32-13-15(30)10-20(32)23(35)33(17-6-4-5-14(27)9-17)21(18-7-2-3-8-19(18)26)22(34)31-16-11-25(28,29)12-16/h2-9,15-16,20-21H,10-13,30H2,1H3,(H,31,34). The van der Waals surface area contributed by atoms with Gasteiger partial charge in [-0.1, -0.05) is 35.9 Å². The number of benzene rings is 2. The van der Waals surface area contributed by atoms with Crippen molar-refractivity contribution in [2.75, 3.05) is 18.6 Å². The van der Waals surface area contributed by atoms with Crippen molar-refractivity contribution in [1.29, 1.82) is 0 Å². The number of methoxy groups -OCH3 is 1. The number of ether oxygens (including phenoxy) is 1. The predicted octanol–water partition coefficient (Wildman–Crippen LogP) is 3.64. The molecule has 1 heterocycles. The lowest BCUT2D eigenvalue weighted by molar-refractivity contribution is -0.133. The van der Waals surface area contributed by atoms with Crippen LogP contribution in [0.4, 0.5) is 23.7 Å². The van der Waals surface area contributed by atoms with Crippen LogP contribution in [0.5, 0.6) is 0 Å². The van der Waals surface area contributed by atoms with E-state index in [9.17, 15) is 27.6 Å². The number of nitrogens with zero attached hydrogens (tertiary/aromatic N) is 2. The molecule has 3 atom stereocenters. The van der Waals surface area contributed by atoms with E-state index in [-0.39, 0.29) is 29.2 Å². The van der Waals surface area contributed by atoms with Crippen molar-refractivity contribution < 1.29 is 32.3 Å². The average molecular weight is 539 g/mol. The molecule has 1 aliphatic carbocycles. The van der Waals surface area contributed by atoms with Gasteiger partial charge in [0, 0.05) is 47.7 Å². The maximum Gasteiger partial charge on any atom is 0.410 e. The zero-order valence-corrected chi connectivity index (χ0v) is 20.6. The second-order valence-corrected chi connectivity index (χ2v) is 9.62. The van der Waals surface area contributed by atoms with Gasteiger partial charge >= 0.3 is 6.09 Å². The van der Waals surface area contributed by atoms with E-state index in [2.05, 4.69) is 5.32 Å². The fourth-order valence-corrected chi connectivity index (χ4v) is 4.99. The molecule has 37 heavy (non-hydrogen) atoms. The van der Waals surface area contributed by atoms with Crippen LogP contribution in [0.2, 0.25) is 5.02 Å². The molecule has 4 rings (SSSR count). The Kier molecular flexibility index (Phi) is 7.65. The summed E-state index contributed by atoms with van der Waals surface area (Å²) in [6.07, 6.45) is -1.82. The number of rotatable bonds is 6. The largest absolute Gasteiger partial charge is 0.453 e. The van der Waals surface area contributed by atoms with E-state index < -0.39 is 66.7 Å². The van der Waals surface area contributed by atoms with Gasteiger partial charge in [-0.05, 0) is 30.7 Å². The first kappa shape index (κ1) is 26.7. The third kappa shape index (κ3) is 5.67. The predicted molar refractivity (Wildman–Crippen MR) is 130 cm³/mol. The molecule has 2 fully saturated rings. The summed E-state index contributed by atoms with van der Waals surface area (Å²) in [6.45, 7) is 0.0280. The Morgan fingerprint density at radius 2 is 1.89 bits per heavy atom. The van der Waals surface area contributed by atoms with Crippen molar-refractivity contribution in [3.05, 3.63) is 64.9 Å². The quantitative estimate of drug-likeness (QED) is 0.584. The number of carbonyl (C=O) groups excluding carboxylic acids is 3. The second kappa shape index (κ2) is 10.6. The third-order valence-electron chi connectivity index (χ3n) is 6.49. The van der Waals surface area contributed by atoms with Gasteiger partial charge in [0.1, 0.15) is 17.9 Å². The molecule has 3 unspecified atom stereocenters. The summed E-state index contributed by atoms with van der Waals surface area (Å²) in [5.74, 6) is -5.09. The average Bonchev–Trinajstić information content (AvgIpc) is 3.22. The second-order valence-electron chi connectivity index (χ2n) is 9.22. The van der Waals surface area contributed by atoms with Crippen LogP contribution in [0.3, 0.4) is 0 Å². The van der Waals surface area contributed by atoms with Crippen molar-refractivity contribution in [2.45, 2.75) is 49.4 Å². The summed E-state index contributed by atoms with van der Waals surface area (Å²) in [4.78, 5) is 42.3. The van der Waals surface area contributed by atoms with Gasteiger partial charge in [0.25, 0.3) is 11.8 Å². The molecule has 3 N–H and O–H groups in total. The normalized spacial score (nSPS) is 21.6. The number of amides is 3. The summed E-state index contributed by atoms with van der Waals surface area (Å²) in [6, 6.07) is 7.29. The third-order valence-corrected chi connectivity index (χ3v) is 6.84. The smallest absolute Gasteiger partial charge is 0.410 e. The van der Waals surface area contributed by atoms with Crippen LogP contribution in [0.15, 0.2) is 48.5 Å². The van der Waals surface area contributed by atoms with Crippen molar-refractivity contribution >= 4 is 35.2 Å². The summed E-state index contributed by atoms with van der Waals surface area (Å²) in [5.41, 5.74) is 6.25. The summed E-state index contributed by atoms with van der Waals surface area (Å²) in [5, 5.41) is 2.70. The fourth-order valence-electron chi connectivity index (χ4n) is 4.75. The van der Waals surface area contributed by atoms with Gasteiger partial charge in [0.2, 0.25) is 5.91 Å². The van der Waals surface area contributed by atoms with Crippen molar-refractivity contribution in [3.63, 3.8) is 0 Å². The van der Waals surface area contributed by atoms with Crippen LogP contribution < -0.4 is 16.0 Å². The summed E-state index contributed by atoms with van der Waals surface area (Å²) >= 11 is 6.43. The van der Waals surface area contributed by atoms with Crippen LogP contribution in [-0.2, 0) is 14.3 Å². The van der Waals surface area contributed by atoms with Crippen molar-refractivity contribution in [2.24, 2.45) is 5.73 Å². The summed E-state index contributed by atoms with van der Waals surface area (Å²) < 4.78 is 46.1. The first-order valence-electron chi connectivity index (χ1n) is 11.6. The Morgan fingerprint density at radius 3 is 2.51 bits per heavy atom. The number of hydrogen-bond donors (Lipinski definition) is 2. The minimum absolute atomic E-state index is 0.00861. The molecular formula is C25H26ClF3N4O4. The molecule has 1 saturated heterocycles. The zero-order chi connectivity index (χ0) is 26.9. The molecule has 3 amide bonds. The molecule has 0 radical (unpaired) electrons. The van der Waals surface area contributed by atoms with Crippen molar-refractivity contribution in [1.82, 2.24) is 10.2 Å². The molecule has 8 nitrogen and oxygen atoms in total. The molecule has 0 aromatic heterocycles. The van der Waals surface area contributed by atoms with E-state index in [1.165, 1.54) is 30.3 Å². The maximum atomic E-state index is 14.3. The van der Waals surface area contributed by atoms with Crippen LogP contribution in [0.25, 0.3) is 0 Å². The van der Waals surface area contributed by atoms with Crippen LogP contribution in [0.1, 0.15) is 30.9 Å². The lowest BCUT2D eigenvalue weighted by Crippen LogP contribution is -2.56. The molecule has 0 bridgehead atoms. The van der Waals surface area contributed by atoms with Crippen LogP contribution in [0, 0.1) is 5.82 Å². The van der Waals surface area contributed by atoms with Gasteiger partial charge in [0.05, 0.1) is 7.11 Å². The Morgan fingerprint density at radius 1 is 1.19 bits per heavy atom. The van der Waals surface area contributed by atoms with Crippen LogP contribution >= 0.6 is 11.6 Å². The van der Waals surface area contributed by atoms with E-state index in [4.69, 9.17) is 22.1 Å². The number of halogens is 4. The molecule has 1 saturated carbocycles. The summed E-state index contributed by atoms with van der Waals surface area (Å²) in [7, 11) is 1.16. The van der Waals surface area contributed by atoms with Crippen LogP contribution in [-0.4, -0.2) is 60.5 Å². The van der Waals surface area contributed by atoms with E-state index in [0.717, 1.165) is 23.0 Å². The number of nitrogens with two attached hydrogens (primary N) is 1. The molecule has 0 spiro atoms. The molecular weight excluding hydrogens is 513 g/mol. The van der Waals surface area contributed by atoms with Crippen molar-refractivity contribution in [3.8, 4) is 0 Å². The maximum absolute atomic E-state index is 14.3. The topological polar surface area (TPSA) is 105 Å². The molecule has 12 heteroatoms. The van der Waals surface area contributed by atoms with Gasteiger partial charge in [0.15, 0.2) is 0 Å². The number of anilines is 1. The van der Waals surface area contributed by atoms with E-state index >= 15 is 0 Å². The molecule has 2 aliphatic rings. The van der Waals surface area contributed by atoms with Gasteiger partial charge in [-0.15, -0.1) is 0 Å². The van der Waals surface area contributed by atoms with Gasteiger partial charge < -0.3 is 15.8 Å². The lowest BCUT2D eigenvalue weighted by atomic mass is 9.87. The fraction of sp³-hybridized carbons (Fsp3) is 0.400. The number of carbonyl (C=O) groups is 3.